The molecule has 2 heterocycles. The molecule has 0 spiro atoms. The van der Waals surface area contributed by atoms with Crippen molar-refractivity contribution < 1.29 is 9.90 Å². The number of hydrogen-bond donors (Lipinski definition) is 3. The van der Waals surface area contributed by atoms with Crippen molar-refractivity contribution in [1.82, 2.24) is 15.1 Å². The van der Waals surface area contributed by atoms with E-state index in [-0.39, 0.29) is 25.6 Å². The highest BCUT2D eigenvalue weighted by atomic mass is 32.1. The Kier molecular flexibility index (Phi) is 5.87. The molecule has 1 aliphatic carbocycles. The Balaban J connectivity index is 1.64. The lowest BCUT2D eigenvalue weighted by Gasteiger charge is -2.24. The number of aromatic nitrogens is 2. The number of amides is 1. The maximum atomic E-state index is 11.7. The van der Waals surface area contributed by atoms with Crippen molar-refractivity contribution in [2.75, 3.05) is 18.5 Å². The maximum absolute atomic E-state index is 11.7. The molecule has 0 bridgehead atoms. The van der Waals surface area contributed by atoms with Crippen molar-refractivity contribution in [1.29, 1.82) is 0 Å². The molecule has 1 aliphatic rings. The largest absolute Gasteiger partial charge is 0.395 e. The first kappa shape index (κ1) is 17.0. The van der Waals surface area contributed by atoms with E-state index in [2.05, 4.69) is 33.2 Å². The Morgan fingerprint density at radius 1 is 1.46 bits per heavy atom. The van der Waals surface area contributed by atoms with Crippen LogP contribution in [0.1, 0.15) is 36.6 Å². The van der Waals surface area contributed by atoms with Gasteiger partial charge in [0.05, 0.1) is 24.5 Å². The number of nitrogens with zero attached hydrogens (tertiary/aromatic N) is 2. The number of carbonyl (C=O) groups is 1. The van der Waals surface area contributed by atoms with Gasteiger partial charge in [0.1, 0.15) is 6.54 Å². The van der Waals surface area contributed by atoms with Crippen LogP contribution >= 0.6 is 11.3 Å². The average molecular weight is 348 g/mol. The number of hydrogen-bond acceptors (Lipinski definition) is 5. The van der Waals surface area contributed by atoms with Crippen LogP contribution in [0.2, 0.25) is 0 Å². The molecule has 3 rings (SSSR count). The molecule has 2 aromatic rings. The SMILES string of the molecule is O=C(Cn1cc(NC(c2cccs2)C2CCCC2)cn1)NCCO. The van der Waals surface area contributed by atoms with E-state index in [0.717, 1.165) is 5.69 Å². The van der Waals surface area contributed by atoms with E-state index in [4.69, 9.17) is 5.11 Å². The van der Waals surface area contributed by atoms with Crippen molar-refractivity contribution in [3.63, 3.8) is 0 Å². The van der Waals surface area contributed by atoms with E-state index in [1.807, 2.05) is 6.20 Å². The summed E-state index contributed by atoms with van der Waals surface area (Å²) in [4.78, 5) is 13.1. The molecular weight excluding hydrogens is 324 g/mol. The van der Waals surface area contributed by atoms with Crippen LogP contribution in [0.3, 0.4) is 0 Å². The topological polar surface area (TPSA) is 79.2 Å². The van der Waals surface area contributed by atoms with Crippen LogP contribution in [-0.4, -0.2) is 33.9 Å². The fourth-order valence-corrected chi connectivity index (χ4v) is 4.15. The smallest absolute Gasteiger partial charge is 0.241 e. The summed E-state index contributed by atoms with van der Waals surface area (Å²) in [7, 11) is 0. The Labute approximate surface area is 145 Å². The molecule has 2 aromatic heterocycles. The Bertz CT molecular complexity index is 635. The van der Waals surface area contributed by atoms with Crippen molar-refractivity contribution >= 4 is 22.9 Å². The summed E-state index contributed by atoms with van der Waals surface area (Å²) in [5, 5.41) is 21.4. The average Bonchev–Trinajstić information content (AvgIpc) is 3.32. The van der Waals surface area contributed by atoms with Crippen LogP contribution < -0.4 is 10.6 Å². The highest BCUT2D eigenvalue weighted by molar-refractivity contribution is 7.10. The van der Waals surface area contributed by atoms with Crippen LogP contribution in [-0.2, 0) is 11.3 Å². The van der Waals surface area contributed by atoms with Gasteiger partial charge in [-0.1, -0.05) is 18.9 Å². The van der Waals surface area contributed by atoms with Crippen molar-refractivity contribution in [3.05, 3.63) is 34.8 Å². The van der Waals surface area contributed by atoms with E-state index in [1.54, 1.807) is 22.2 Å². The van der Waals surface area contributed by atoms with Gasteiger partial charge in [-0.3, -0.25) is 9.48 Å². The molecule has 1 amide bonds. The second-order valence-electron chi connectivity index (χ2n) is 6.18. The van der Waals surface area contributed by atoms with Gasteiger partial charge in [0.15, 0.2) is 0 Å². The lowest BCUT2D eigenvalue weighted by molar-refractivity contribution is -0.122. The minimum absolute atomic E-state index is 0.0540. The van der Waals surface area contributed by atoms with Gasteiger partial charge in [0.25, 0.3) is 0 Å². The zero-order valence-electron chi connectivity index (χ0n) is 13.6. The van der Waals surface area contributed by atoms with E-state index in [1.165, 1.54) is 30.6 Å². The maximum Gasteiger partial charge on any atom is 0.241 e. The molecular formula is C17H24N4O2S. The Hall–Kier alpha value is -1.86. The summed E-state index contributed by atoms with van der Waals surface area (Å²) in [6, 6.07) is 4.60. The molecule has 24 heavy (non-hydrogen) atoms. The summed E-state index contributed by atoms with van der Waals surface area (Å²) in [6.45, 7) is 0.379. The van der Waals surface area contributed by atoms with Gasteiger partial charge in [0.2, 0.25) is 5.91 Å². The molecule has 0 saturated heterocycles. The number of carbonyl (C=O) groups excluding carboxylic acids is 1. The Morgan fingerprint density at radius 2 is 2.29 bits per heavy atom. The molecule has 6 nitrogen and oxygen atoms in total. The quantitative estimate of drug-likeness (QED) is 0.684. The normalized spacial score (nSPS) is 16.2. The van der Waals surface area contributed by atoms with Crippen LogP contribution in [0.15, 0.2) is 29.9 Å². The lowest BCUT2D eigenvalue weighted by Crippen LogP contribution is -2.30. The minimum Gasteiger partial charge on any atom is -0.395 e. The molecule has 1 atom stereocenters. The summed E-state index contributed by atoms with van der Waals surface area (Å²) in [5.74, 6) is 0.504. The van der Waals surface area contributed by atoms with E-state index in [9.17, 15) is 4.79 Å². The Morgan fingerprint density at radius 3 is 3.00 bits per heavy atom. The molecule has 0 aliphatic heterocycles. The number of rotatable bonds is 8. The second-order valence-corrected chi connectivity index (χ2v) is 7.16. The van der Waals surface area contributed by atoms with Crippen molar-refractivity contribution in [2.24, 2.45) is 5.92 Å². The first-order chi connectivity index (χ1) is 11.8. The predicted molar refractivity (Wildman–Crippen MR) is 95.0 cm³/mol. The van der Waals surface area contributed by atoms with Gasteiger partial charge in [0, 0.05) is 17.6 Å². The zero-order valence-corrected chi connectivity index (χ0v) is 14.5. The van der Waals surface area contributed by atoms with Crippen molar-refractivity contribution in [3.8, 4) is 0 Å². The lowest BCUT2D eigenvalue weighted by atomic mass is 9.96. The second kappa shape index (κ2) is 8.30. The van der Waals surface area contributed by atoms with Gasteiger partial charge in [-0.25, -0.2) is 0 Å². The molecule has 1 fully saturated rings. The van der Waals surface area contributed by atoms with E-state index >= 15 is 0 Å². The van der Waals surface area contributed by atoms with Gasteiger partial charge in [-0.05, 0) is 30.2 Å². The summed E-state index contributed by atoms with van der Waals surface area (Å²) in [5.41, 5.74) is 0.940. The summed E-state index contributed by atoms with van der Waals surface area (Å²) >= 11 is 1.79. The molecule has 1 unspecified atom stereocenters. The third kappa shape index (κ3) is 4.36. The standard InChI is InChI=1S/C17H24N4O2S/c22-8-7-18-16(23)12-21-11-14(10-19-21)20-17(13-4-1-2-5-13)15-6-3-9-24-15/h3,6,9-11,13,17,20,22H,1-2,4-5,7-8,12H2,(H,18,23). The van der Waals surface area contributed by atoms with Crippen LogP contribution in [0.25, 0.3) is 0 Å². The molecule has 1 saturated carbocycles. The summed E-state index contributed by atoms with van der Waals surface area (Å²) in [6.07, 6.45) is 8.76. The molecule has 0 aromatic carbocycles. The highest BCUT2D eigenvalue weighted by Crippen LogP contribution is 2.39. The van der Waals surface area contributed by atoms with Crippen molar-refractivity contribution in [2.45, 2.75) is 38.3 Å². The van der Waals surface area contributed by atoms with Gasteiger partial charge >= 0.3 is 0 Å². The monoisotopic (exact) mass is 348 g/mol. The summed E-state index contributed by atoms with van der Waals surface area (Å²) < 4.78 is 1.62. The molecule has 0 radical (unpaired) electrons. The van der Waals surface area contributed by atoms with Crippen LogP contribution in [0.4, 0.5) is 5.69 Å². The van der Waals surface area contributed by atoms with Gasteiger partial charge in [-0.2, -0.15) is 5.10 Å². The molecule has 7 heteroatoms. The number of thiophene rings is 1. The fourth-order valence-electron chi connectivity index (χ4n) is 3.28. The van der Waals surface area contributed by atoms with Gasteiger partial charge < -0.3 is 15.7 Å². The van der Waals surface area contributed by atoms with E-state index < -0.39 is 0 Å². The molecule has 130 valence electrons. The third-order valence-electron chi connectivity index (χ3n) is 4.42. The minimum atomic E-state index is -0.149. The number of anilines is 1. The van der Waals surface area contributed by atoms with Crippen LogP contribution in [0, 0.1) is 5.92 Å². The predicted octanol–water partition coefficient (Wildman–Crippen LogP) is 2.40. The number of aliphatic hydroxyl groups excluding tert-OH is 1. The zero-order chi connectivity index (χ0) is 16.8. The number of aliphatic hydroxyl groups is 1. The first-order valence-electron chi connectivity index (χ1n) is 8.46. The first-order valence-corrected chi connectivity index (χ1v) is 9.34. The molecule has 3 N–H and O–H groups in total. The van der Waals surface area contributed by atoms with Crippen LogP contribution in [0.5, 0.6) is 0 Å². The van der Waals surface area contributed by atoms with E-state index in [0.29, 0.717) is 12.0 Å². The fraction of sp³-hybridized carbons (Fsp3) is 0.529. The van der Waals surface area contributed by atoms with Gasteiger partial charge in [-0.15, -0.1) is 11.3 Å². The highest BCUT2D eigenvalue weighted by Gasteiger charge is 2.27. The number of nitrogens with one attached hydrogen (secondary N) is 2. The third-order valence-corrected chi connectivity index (χ3v) is 5.37.